The van der Waals surface area contributed by atoms with Gasteiger partial charge in [-0.2, -0.15) is 0 Å². The van der Waals surface area contributed by atoms with Crippen molar-refractivity contribution in [3.05, 3.63) is 119 Å². The molecule has 7 N–H and O–H groups in total. The molecule has 6 bridgehead atoms. The third kappa shape index (κ3) is 13.5. The van der Waals surface area contributed by atoms with Gasteiger partial charge in [0.05, 0.1) is 37.2 Å². The number of nitrogens with one attached hydrogen (secondary N) is 5. The van der Waals surface area contributed by atoms with E-state index in [2.05, 4.69) is 78.5 Å². The van der Waals surface area contributed by atoms with E-state index in [1.165, 1.54) is 30.4 Å². The lowest BCUT2D eigenvalue weighted by Crippen LogP contribution is -2.59. The monoisotopic (exact) mass is 1010 g/mol. The summed E-state index contributed by atoms with van der Waals surface area (Å²) in [6.07, 6.45) is 7.95. The standard InChI is InChI=1S/C54H65BN6O8.C4H11N/c1-7-8-11-34-16-18-36(19-17-34)37-20-22-38(23-21-37)51(65)56-29-32(2)50(64)58-31-47(63)61(6)48-41-15-10-14-40(26-41)39-13-9-12-35(24-39)25-44(60-46(62)30-57-53(48)67)52(66)59-33(3)55-68-45-28-42-27-43(49(45)69-55)54(42,4)5;1-2-3-4-5/h9-10,12-24,26,32-33,42-45,48-49H,7-8,11,25,27-31H2,1-6H3,(H,56,65)(H,57,67)(H,58,64)(H,59,66)(H,60,62);2-5H2,1H3. The van der Waals surface area contributed by atoms with Gasteiger partial charge in [0.15, 0.2) is 0 Å². The SMILES string of the molecule is CCCCN.CCCCc1ccc(-c2ccc(C(=O)NCC(C)C(=O)NCC(=O)N(C)C3C(=O)NCC(=O)NC(C(=O)NC(C)B4OC5CC6CC(C5O4)C6(C)C)Cc4cccc(c4)-c4cccc3c4)cc2)cc1. The minimum atomic E-state index is -1.19. The smallest absolute Gasteiger partial charge is 0.404 e. The van der Waals surface area contributed by atoms with Crippen LogP contribution < -0.4 is 32.3 Å². The quantitative estimate of drug-likeness (QED) is 0.0692. The van der Waals surface area contributed by atoms with E-state index < -0.39 is 73.7 Å². The van der Waals surface area contributed by atoms with Gasteiger partial charge in [-0.05, 0) is 120 Å². The van der Waals surface area contributed by atoms with Crippen LogP contribution in [0.4, 0.5) is 0 Å². The summed E-state index contributed by atoms with van der Waals surface area (Å²) < 4.78 is 12.8. The number of nitrogens with zero attached hydrogens (tertiary/aromatic N) is 1. The zero-order valence-corrected chi connectivity index (χ0v) is 44.2. The second kappa shape index (κ2) is 25.3. The summed E-state index contributed by atoms with van der Waals surface area (Å²) in [6, 6.07) is 28.4. The van der Waals surface area contributed by atoms with Crippen LogP contribution in [0.15, 0.2) is 97.1 Å². The molecule has 5 aliphatic rings. The molecule has 0 radical (unpaired) electrons. The van der Waals surface area contributed by atoms with E-state index in [1.54, 1.807) is 31.2 Å². The predicted molar refractivity (Wildman–Crippen MR) is 288 cm³/mol. The minimum Gasteiger partial charge on any atom is -0.404 e. The van der Waals surface area contributed by atoms with Crippen molar-refractivity contribution in [3.8, 4) is 22.3 Å². The van der Waals surface area contributed by atoms with Gasteiger partial charge in [-0.3, -0.25) is 28.8 Å². The van der Waals surface area contributed by atoms with Gasteiger partial charge >= 0.3 is 7.12 Å². The lowest BCUT2D eigenvalue weighted by atomic mass is 9.47. The van der Waals surface area contributed by atoms with Gasteiger partial charge in [-0.25, -0.2) is 0 Å². The maximum Gasteiger partial charge on any atom is 0.481 e. The fourth-order valence-corrected chi connectivity index (χ4v) is 10.6. The summed E-state index contributed by atoms with van der Waals surface area (Å²) in [5.41, 5.74) is 12.0. The molecule has 8 atom stereocenters. The minimum absolute atomic E-state index is 0.00318. The highest BCUT2D eigenvalue weighted by molar-refractivity contribution is 6.47. The molecule has 4 aromatic carbocycles. The number of hydrogen-bond donors (Lipinski definition) is 6. The summed E-state index contributed by atoms with van der Waals surface area (Å²) in [5, 5.41) is 14.0. The molecular weight excluding hydrogens is 933 g/mol. The van der Waals surface area contributed by atoms with Crippen molar-refractivity contribution in [1.29, 1.82) is 0 Å². The number of unbranched alkanes of at least 4 members (excludes halogenated alkanes) is 2. The number of carbonyl (C=O) groups excluding carboxylic acids is 6. The first-order valence-corrected chi connectivity index (χ1v) is 26.6. The van der Waals surface area contributed by atoms with Gasteiger partial charge in [0.25, 0.3) is 5.91 Å². The molecule has 394 valence electrons. The third-order valence-corrected chi connectivity index (χ3v) is 15.5. The van der Waals surface area contributed by atoms with Crippen molar-refractivity contribution in [2.75, 3.05) is 33.2 Å². The summed E-state index contributed by atoms with van der Waals surface area (Å²) in [7, 11) is 0.841. The van der Waals surface area contributed by atoms with Crippen LogP contribution in [0.5, 0.6) is 0 Å². The van der Waals surface area contributed by atoms with Crippen LogP contribution in [0.25, 0.3) is 22.3 Å². The average molecular weight is 1010 g/mol. The maximum absolute atomic E-state index is 14.1. The molecule has 0 spiro atoms. The van der Waals surface area contributed by atoms with Crippen LogP contribution >= 0.6 is 0 Å². The molecule has 0 aromatic heterocycles. The molecule has 8 unspecified atom stereocenters. The number of amides is 6. The molecule has 3 saturated carbocycles. The van der Waals surface area contributed by atoms with Gasteiger partial charge in [0.1, 0.15) is 12.1 Å². The van der Waals surface area contributed by atoms with Crippen molar-refractivity contribution in [3.63, 3.8) is 0 Å². The number of rotatable bonds is 16. The fraction of sp³-hybridized carbons (Fsp3) is 0.483. The maximum atomic E-state index is 14.1. The van der Waals surface area contributed by atoms with Crippen LogP contribution in [0, 0.1) is 23.2 Å². The second-order valence-electron chi connectivity index (χ2n) is 21.2. The number of fused-ring (bicyclic) bond motifs is 5. The Labute approximate surface area is 437 Å². The summed E-state index contributed by atoms with van der Waals surface area (Å²) in [6.45, 7) is 12.4. The van der Waals surface area contributed by atoms with E-state index in [0.717, 1.165) is 66.5 Å². The number of likely N-dealkylation sites (N-methyl/N-ethyl adjacent to an activating group) is 1. The predicted octanol–water partition coefficient (Wildman–Crippen LogP) is 6.33. The summed E-state index contributed by atoms with van der Waals surface area (Å²) in [4.78, 5) is 82.9. The highest BCUT2D eigenvalue weighted by Crippen LogP contribution is 2.61. The second-order valence-corrected chi connectivity index (χ2v) is 21.2. The van der Waals surface area contributed by atoms with Crippen molar-refractivity contribution in [2.24, 2.45) is 28.9 Å². The highest BCUT2D eigenvalue weighted by atomic mass is 16.7. The molecule has 6 amide bonds. The average Bonchev–Trinajstić information content (AvgIpc) is 3.86. The Balaban J connectivity index is 0.00000153. The molecule has 4 aromatic rings. The normalized spacial score (nSPS) is 22.4. The van der Waals surface area contributed by atoms with Crippen molar-refractivity contribution < 1.29 is 38.1 Å². The first-order valence-electron chi connectivity index (χ1n) is 26.6. The number of aryl methyl sites for hydroxylation is 1. The van der Waals surface area contributed by atoms with Gasteiger partial charge in [0.2, 0.25) is 29.5 Å². The Kier molecular flexibility index (Phi) is 18.9. The van der Waals surface area contributed by atoms with E-state index in [1.807, 2.05) is 55.5 Å². The highest BCUT2D eigenvalue weighted by Gasteiger charge is 2.62. The number of hydrogen-bond acceptors (Lipinski definition) is 9. The molecule has 4 fully saturated rings. The molecule has 9 rings (SSSR count). The molecule has 1 saturated heterocycles. The molecular formula is C58H76BN7O8. The van der Waals surface area contributed by atoms with Crippen LogP contribution in [0.3, 0.4) is 0 Å². The topological polar surface area (TPSA) is 210 Å². The lowest BCUT2D eigenvalue weighted by molar-refractivity contribution is -0.150. The Bertz CT molecular complexity index is 2610. The van der Waals surface area contributed by atoms with Gasteiger partial charge < -0.3 is 46.5 Å². The van der Waals surface area contributed by atoms with E-state index in [9.17, 15) is 28.8 Å². The third-order valence-electron chi connectivity index (χ3n) is 15.5. The molecule has 74 heavy (non-hydrogen) atoms. The zero-order chi connectivity index (χ0) is 53.1. The Morgan fingerprint density at radius 1 is 0.838 bits per heavy atom. The molecule has 3 aliphatic carbocycles. The number of nitrogens with two attached hydrogens (primary N) is 1. The van der Waals surface area contributed by atoms with Crippen LogP contribution in [0.1, 0.15) is 113 Å². The molecule has 15 nitrogen and oxygen atoms in total. The van der Waals surface area contributed by atoms with Crippen molar-refractivity contribution in [1.82, 2.24) is 31.5 Å². The molecule has 2 aliphatic heterocycles. The van der Waals surface area contributed by atoms with Gasteiger partial charge in [-0.1, -0.05) is 126 Å². The summed E-state index contributed by atoms with van der Waals surface area (Å²) in [5.74, 6) is -3.16. The van der Waals surface area contributed by atoms with Gasteiger partial charge in [0, 0.05) is 25.6 Å². The number of benzene rings is 4. The van der Waals surface area contributed by atoms with E-state index >= 15 is 0 Å². The van der Waals surface area contributed by atoms with E-state index in [0.29, 0.717) is 23.0 Å². The molecule has 2 heterocycles. The fourth-order valence-electron chi connectivity index (χ4n) is 10.6. The Hall–Kier alpha value is -6.36. The molecule has 16 heteroatoms. The van der Waals surface area contributed by atoms with Gasteiger partial charge in [-0.15, -0.1) is 0 Å². The van der Waals surface area contributed by atoms with Crippen molar-refractivity contribution in [2.45, 2.75) is 123 Å². The Morgan fingerprint density at radius 2 is 1.51 bits per heavy atom. The van der Waals surface area contributed by atoms with Crippen LogP contribution in [-0.2, 0) is 46.1 Å². The zero-order valence-electron chi connectivity index (χ0n) is 44.2. The number of carbonyl (C=O) groups is 6. The first kappa shape index (κ1) is 55.4. The first-order chi connectivity index (χ1) is 35.5. The lowest BCUT2D eigenvalue weighted by Gasteiger charge is -2.60. The van der Waals surface area contributed by atoms with E-state index in [4.69, 9.17) is 15.0 Å². The van der Waals surface area contributed by atoms with E-state index in [-0.39, 0.29) is 36.5 Å². The van der Waals surface area contributed by atoms with Crippen molar-refractivity contribution >= 4 is 42.6 Å². The summed E-state index contributed by atoms with van der Waals surface area (Å²) >= 11 is 0. The van der Waals surface area contributed by atoms with Crippen LogP contribution in [-0.4, -0.2) is 105 Å². The Morgan fingerprint density at radius 3 is 2.18 bits per heavy atom. The van der Waals surface area contributed by atoms with Crippen LogP contribution in [0.2, 0.25) is 0 Å². The largest absolute Gasteiger partial charge is 0.481 e.